The first kappa shape index (κ1) is 12.8. The maximum atomic E-state index is 12.1. The highest BCUT2D eigenvalue weighted by molar-refractivity contribution is 6.05. The zero-order valence-corrected chi connectivity index (χ0v) is 10.9. The van der Waals surface area contributed by atoms with Crippen LogP contribution in [0.2, 0.25) is 0 Å². The summed E-state index contributed by atoms with van der Waals surface area (Å²) in [5.74, 6) is -1.07. The van der Waals surface area contributed by atoms with Crippen molar-refractivity contribution in [1.29, 1.82) is 0 Å². The molecule has 0 radical (unpaired) electrons. The van der Waals surface area contributed by atoms with Crippen LogP contribution in [0.5, 0.6) is 0 Å². The Hall–Kier alpha value is -1.65. The largest absolute Gasteiger partial charge is 0.336 e. The van der Waals surface area contributed by atoms with Crippen molar-refractivity contribution in [2.75, 3.05) is 13.6 Å². The Morgan fingerprint density at radius 3 is 2.67 bits per heavy atom. The molecule has 2 rings (SSSR count). The van der Waals surface area contributed by atoms with Gasteiger partial charge in [0.25, 0.3) is 0 Å². The summed E-state index contributed by atoms with van der Waals surface area (Å²) >= 11 is 0. The quantitative estimate of drug-likeness (QED) is 0.527. The number of carbonyl (C=O) groups is 3. The van der Waals surface area contributed by atoms with E-state index in [9.17, 15) is 14.4 Å². The fourth-order valence-corrected chi connectivity index (χ4v) is 2.96. The number of hydrogen-bond donors (Lipinski definition) is 0. The van der Waals surface area contributed by atoms with Crippen LogP contribution in [0.4, 0.5) is 0 Å². The van der Waals surface area contributed by atoms with E-state index in [2.05, 4.69) is 0 Å². The summed E-state index contributed by atoms with van der Waals surface area (Å²) in [6.45, 7) is 3.91. The number of likely N-dealkylation sites (N-methyl/N-ethyl adjacent to an activating group) is 1. The first-order chi connectivity index (χ1) is 8.49. The maximum absolute atomic E-state index is 12.1. The van der Waals surface area contributed by atoms with Gasteiger partial charge in [-0.05, 0) is 13.3 Å². The maximum Gasteiger partial charge on any atom is 0.235 e. The highest BCUT2D eigenvalue weighted by Gasteiger charge is 2.51. The number of allylic oxidation sites excluding steroid dienone is 1. The minimum atomic E-state index is -0.406. The molecule has 3 atom stereocenters. The summed E-state index contributed by atoms with van der Waals surface area (Å²) in [6, 6.07) is -0.285. The number of hydrogen-bond acceptors (Lipinski definition) is 3. The van der Waals surface area contributed by atoms with Crippen molar-refractivity contribution in [3.63, 3.8) is 0 Å². The van der Waals surface area contributed by atoms with Crippen molar-refractivity contribution in [1.82, 2.24) is 9.80 Å². The van der Waals surface area contributed by atoms with Gasteiger partial charge in [-0.25, -0.2) is 0 Å². The normalized spacial score (nSPS) is 30.6. The van der Waals surface area contributed by atoms with Gasteiger partial charge < -0.3 is 4.90 Å². The van der Waals surface area contributed by atoms with Crippen molar-refractivity contribution in [2.45, 2.75) is 26.3 Å². The van der Waals surface area contributed by atoms with E-state index >= 15 is 0 Å². The van der Waals surface area contributed by atoms with Crippen LogP contribution in [0.1, 0.15) is 20.3 Å². The van der Waals surface area contributed by atoms with Gasteiger partial charge >= 0.3 is 0 Å². The molecule has 1 heterocycles. The summed E-state index contributed by atoms with van der Waals surface area (Å²) in [5, 5.41) is 0. The van der Waals surface area contributed by atoms with E-state index in [1.807, 2.05) is 19.1 Å². The highest BCUT2D eigenvalue weighted by atomic mass is 16.2. The molecule has 1 saturated heterocycles. The van der Waals surface area contributed by atoms with Crippen molar-refractivity contribution < 1.29 is 14.4 Å². The molecule has 5 nitrogen and oxygen atoms in total. The fraction of sp³-hybridized carbons (Fsp3) is 0.615. The summed E-state index contributed by atoms with van der Waals surface area (Å²) in [7, 11) is 1.52. The zero-order chi connectivity index (χ0) is 13.4. The lowest BCUT2D eigenvalue weighted by molar-refractivity contribution is -0.138. The summed E-state index contributed by atoms with van der Waals surface area (Å²) in [6.07, 6.45) is 4.38. The van der Waals surface area contributed by atoms with E-state index < -0.39 is 5.92 Å². The van der Waals surface area contributed by atoms with Crippen LogP contribution >= 0.6 is 0 Å². The van der Waals surface area contributed by atoms with Crippen LogP contribution in [0, 0.1) is 11.8 Å². The molecule has 3 amide bonds. The van der Waals surface area contributed by atoms with Gasteiger partial charge in [-0.3, -0.25) is 19.3 Å². The van der Waals surface area contributed by atoms with E-state index in [0.717, 1.165) is 0 Å². The lowest BCUT2D eigenvalue weighted by atomic mass is 9.80. The first-order valence-electron chi connectivity index (χ1n) is 6.24. The van der Waals surface area contributed by atoms with Crippen molar-refractivity contribution in [3.05, 3.63) is 12.2 Å². The van der Waals surface area contributed by atoms with Gasteiger partial charge in [0, 0.05) is 20.5 Å². The molecule has 1 fully saturated rings. The molecule has 2 aliphatic rings. The Balaban J connectivity index is 2.35. The van der Waals surface area contributed by atoms with Crippen LogP contribution in [-0.4, -0.2) is 47.2 Å². The molecule has 1 aliphatic carbocycles. The lowest BCUT2D eigenvalue weighted by Crippen LogP contribution is -2.47. The van der Waals surface area contributed by atoms with Crippen LogP contribution in [0.25, 0.3) is 0 Å². The van der Waals surface area contributed by atoms with E-state index in [0.29, 0.717) is 13.0 Å². The van der Waals surface area contributed by atoms with Crippen LogP contribution in [0.15, 0.2) is 12.2 Å². The Kier molecular flexibility index (Phi) is 3.24. The second-order valence-electron chi connectivity index (χ2n) is 4.83. The van der Waals surface area contributed by atoms with E-state index in [-0.39, 0.29) is 29.7 Å². The predicted octanol–water partition coefficient (Wildman–Crippen LogP) is 0.414. The molecule has 0 aromatic carbocycles. The zero-order valence-electron chi connectivity index (χ0n) is 10.9. The van der Waals surface area contributed by atoms with E-state index in [1.165, 1.54) is 18.9 Å². The van der Waals surface area contributed by atoms with Gasteiger partial charge in [-0.2, -0.15) is 0 Å². The second-order valence-corrected chi connectivity index (χ2v) is 4.83. The first-order valence-corrected chi connectivity index (χ1v) is 6.24. The van der Waals surface area contributed by atoms with Crippen molar-refractivity contribution >= 4 is 17.7 Å². The van der Waals surface area contributed by atoms with Crippen molar-refractivity contribution in [2.24, 2.45) is 11.8 Å². The third-order valence-corrected chi connectivity index (χ3v) is 3.89. The minimum absolute atomic E-state index is 0.0670. The Bertz CT molecular complexity index is 430. The third kappa shape index (κ3) is 1.74. The molecule has 0 aromatic rings. The summed E-state index contributed by atoms with van der Waals surface area (Å²) in [4.78, 5) is 38.5. The van der Waals surface area contributed by atoms with Crippen molar-refractivity contribution in [3.8, 4) is 0 Å². The monoisotopic (exact) mass is 250 g/mol. The van der Waals surface area contributed by atoms with Gasteiger partial charge in [-0.1, -0.05) is 12.2 Å². The Morgan fingerprint density at radius 2 is 2.11 bits per heavy atom. The Labute approximate surface area is 106 Å². The van der Waals surface area contributed by atoms with Crippen LogP contribution < -0.4 is 0 Å². The molecule has 0 N–H and O–H groups in total. The topological polar surface area (TPSA) is 57.7 Å². The molecule has 1 aliphatic heterocycles. The molecule has 0 bridgehead atoms. The third-order valence-electron chi connectivity index (χ3n) is 3.89. The number of nitrogens with zero attached hydrogens (tertiary/aromatic N) is 2. The van der Waals surface area contributed by atoms with Gasteiger partial charge in [0.05, 0.1) is 17.9 Å². The molecule has 0 saturated carbocycles. The highest BCUT2D eigenvalue weighted by Crippen LogP contribution is 2.36. The smallest absolute Gasteiger partial charge is 0.235 e. The number of amides is 3. The van der Waals surface area contributed by atoms with E-state index in [4.69, 9.17) is 0 Å². The number of fused-ring (bicyclic) bond motifs is 1. The number of rotatable bonds is 2. The molecule has 18 heavy (non-hydrogen) atoms. The lowest BCUT2D eigenvalue weighted by Gasteiger charge is -2.35. The molecule has 1 unspecified atom stereocenters. The molecule has 5 heteroatoms. The van der Waals surface area contributed by atoms with E-state index in [1.54, 1.807) is 4.90 Å². The SMILES string of the molecule is CCN(C(C)=O)C1C=CC[C@@H]2C(=O)N(C)C(=O)[C@H]12. The number of imide groups is 1. The van der Waals surface area contributed by atoms with Gasteiger partial charge in [0.2, 0.25) is 17.7 Å². The molecule has 0 aromatic heterocycles. The Morgan fingerprint density at radius 1 is 1.44 bits per heavy atom. The standard InChI is InChI=1S/C13H18N2O3/c1-4-15(8(2)16)10-7-5-6-9-11(10)13(18)14(3)12(9)17/h5,7,9-11H,4,6H2,1-3H3/t9-,10?,11-/m0/s1. The van der Waals surface area contributed by atoms with Gasteiger partial charge in [0.1, 0.15) is 0 Å². The van der Waals surface area contributed by atoms with Gasteiger partial charge in [-0.15, -0.1) is 0 Å². The fourth-order valence-electron chi connectivity index (χ4n) is 2.96. The predicted molar refractivity (Wildman–Crippen MR) is 65.4 cm³/mol. The van der Waals surface area contributed by atoms with Crippen LogP contribution in [-0.2, 0) is 14.4 Å². The average molecular weight is 250 g/mol. The molecule has 98 valence electrons. The number of likely N-dealkylation sites (tertiary alicyclic amines) is 1. The van der Waals surface area contributed by atoms with Gasteiger partial charge in [0.15, 0.2) is 0 Å². The number of carbonyl (C=O) groups excluding carboxylic acids is 3. The van der Waals surface area contributed by atoms with Crippen LogP contribution in [0.3, 0.4) is 0 Å². The molecule has 0 spiro atoms. The summed E-state index contributed by atoms with van der Waals surface area (Å²) in [5.41, 5.74) is 0. The minimum Gasteiger partial charge on any atom is -0.336 e. The average Bonchev–Trinajstić information content (AvgIpc) is 2.56. The molecular formula is C13H18N2O3. The summed E-state index contributed by atoms with van der Waals surface area (Å²) < 4.78 is 0. The molecular weight excluding hydrogens is 232 g/mol. The second kappa shape index (κ2) is 4.55.